The number of hydrogen-bond acceptors (Lipinski definition) is 7. The van der Waals surface area contributed by atoms with Crippen molar-refractivity contribution in [2.75, 3.05) is 28.3 Å². The van der Waals surface area contributed by atoms with E-state index in [0.29, 0.717) is 22.6 Å². The van der Waals surface area contributed by atoms with Gasteiger partial charge in [0.05, 0.1) is 14.2 Å². The van der Waals surface area contributed by atoms with E-state index in [4.69, 9.17) is 23.7 Å². The van der Waals surface area contributed by atoms with Crippen molar-refractivity contribution < 1.29 is 33.3 Å². The second-order valence-electron chi connectivity index (χ2n) is 6.56. The highest BCUT2D eigenvalue weighted by molar-refractivity contribution is 5.76. The summed E-state index contributed by atoms with van der Waals surface area (Å²) >= 11 is 0. The predicted molar refractivity (Wildman–Crippen MR) is 100 cm³/mol. The number of hydrogen-bond donors (Lipinski definition) is 0. The number of fused-ring (bicyclic) bond motifs is 2. The number of benzene rings is 2. The zero-order valence-corrected chi connectivity index (χ0v) is 16.4. The molecule has 0 aliphatic carbocycles. The van der Waals surface area contributed by atoms with Gasteiger partial charge in [-0.1, -0.05) is 24.3 Å². The van der Waals surface area contributed by atoms with Crippen LogP contribution in [0.2, 0.25) is 0 Å². The molecule has 0 unspecified atom stereocenters. The molecule has 0 aromatic heterocycles. The van der Waals surface area contributed by atoms with E-state index in [0.717, 1.165) is 0 Å². The van der Waals surface area contributed by atoms with E-state index in [9.17, 15) is 9.59 Å². The minimum atomic E-state index is -0.821. The summed E-state index contributed by atoms with van der Waals surface area (Å²) < 4.78 is 27.7. The molecule has 9 nitrogen and oxygen atoms in total. The average molecular weight is 400 g/mol. The van der Waals surface area contributed by atoms with E-state index in [1.165, 1.54) is 24.0 Å². The van der Waals surface area contributed by atoms with Crippen molar-refractivity contribution in [1.29, 1.82) is 0 Å². The lowest BCUT2D eigenvalue weighted by Crippen LogP contribution is -2.44. The largest absolute Gasteiger partial charge is 0.493 e. The maximum Gasteiger partial charge on any atom is 0.417 e. The number of amides is 2. The van der Waals surface area contributed by atoms with Crippen LogP contribution in [0.25, 0.3) is 0 Å². The second-order valence-corrected chi connectivity index (χ2v) is 6.56. The van der Waals surface area contributed by atoms with Crippen molar-refractivity contribution in [2.45, 2.75) is 12.5 Å². The summed E-state index contributed by atoms with van der Waals surface area (Å²) in [5.74, 6) is 1.40. The molecule has 2 atom stereocenters. The average Bonchev–Trinajstić information content (AvgIpc) is 2.73. The fourth-order valence-electron chi connectivity index (χ4n) is 3.37. The maximum absolute atomic E-state index is 12.4. The lowest BCUT2D eigenvalue weighted by Gasteiger charge is -2.40. The first-order valence-electron chi connectivity index (χ1n) is 8.84. The third-order valence-electron chi connectivity index (χ3n) is 4.91. The van der Waals surface area contributed by atoms with Gasteiger partial charge in [0.15, 0.2) is 35.5 Å². The predicted octanol–water partition coefficient (Wildman–Crippen LogP) is 3.31. The van der Waals surface area contributed by atoms with E-state index in [-0.39, 0.29) is 11.5 Å². The zero-order chi connectivity index (χ0) is 20.7. The summed E-state index contributed by atoms with van der Waals surface area (Å²) in [6, 6.07) is 10.5. The molecule has 0 saturated carbocycles. The Balaban J connectivity index is 1.78. The monoisotopic (exact) mass is 400 g/mol. The highest BCUT2D eigenvalue weighted by Gasteiger charge is 2.41. The summed E-state index contributed by atoms with van der Waals surface area (Å²) in [7, 11) is 6.10. The van der Waals surface area contributed by atoms with Gasteiger partial charge in [-0.3, -0.25) is 9.80 Å². The maximum atomic E-state index is 12.4. The van der Waals surface area contributed by atoms with Crippen LogP contribution in [-0.4, -0.2) is 50.3 Å². The Morgan fingerprint density at radius 2 is 1.17 bits per heavy atom. The molecule has 0 fully saturated rings. The molecule has 0 N–H and O–H groups in total. The molecule has 0 spiro atoms. The lowest BCUT2D eigenvalue weighted by molar-refractivity contribution is -0.141. The molecule has 29 heavy (non-hydrogen) atoms. The normalized spacial score (nSPS) is 20.4. The van der Waals surface area contributed by atoms with E-state index < -0.39 is 24.6 Å². The number of methoxy groups -OCH3 is 2. The summed E-state index contributed by atoms with van der Waals surface area (Å²) in [4.78, 5) is 27.5. The minimum Gasteiger partial charge on any atom is -0.493 e. The quantitative estimate of drug-likeness (QED) is 0.778. The standard InChI is InChI=1S/C20H20N2O7/c1-21-17(11-7-5-9-13(25-3)15(11)27-19(21)23)29-18-12-8-6-10-14(26-4)16(12)28-20(24)22(18)2/h5-10,17-18H,1-4H3/t17-,18-/m1/s1. The van der Waals surface area contributed by atoms with Crippen LogP contribution in [0, 0.1) is 0 Å². The Kier molecular flexibility index (Phi) is 4.67. The molecule has 0 saturated heterocycles. The molecule has 0 radical (unpaired) electrons. The summed E-state index contributed by atoms with van der Waals surface area (Å²) in [6.07, 6.45) is -2.84. The van der Waals surface area contributed by atoms with Crippen molar-refractivity contribution in [3.8, 4) is 23.0 Å². The van der Waals surface area contributed by atoms with Crippen LogP contribution in [0.15, 0.2) is 36.4 Å². The smallest absolute Gasteiger partial charge is 0.417 e. The third kappa shape index (κ3) is 2.99. The number of ether oxygens (including phenoxy) is 5. The number of carbonyl (C=O) groups excluding carboxylic acids is 2. The van der Waals surface area contributed by atoms with Gasteiger partial charge >= 0.3 is 12.2 Å². The molecular formula is C20H20N2O7. The Labute approximate surface area is 167 Å². The van der Waals surface area contributed by atoms with Crippen LogP contribution in [0.5, 0.6) is 23.0 Å². The molecule has 2 heterocycles. The third-order valence-corrected chi connectivity index (χ3v) is 4.91. The number of nitrogens with zero attached hydrogens (tertiary/aromatic N) is 2. The number of rotatable bonds is 4. The van der Waals surface area contributed by atoms with E-state index in [1.807, 2.05) is 0 Å². The SMILES string of the molecule is COc1cccc2c1OC(=O)N(C)[C@@H]2O[C@@H]1c2cccc(OC)c2OC(=O)N1C. The zero-order valence-electron chi connectivity index (χ0n) is 16.4. The Bertz CT molecular complexity index is 900. The highest BCUT2D eigenvalue weighted by atomic mass is 16.6. The first-order chi connectivity index (χ1) is 14.0. The first kappa shape index (κ1) is 18.9. The van der Waals surface area contributed by atoms with Gasteiger partial charge < -0.3 is 23.7 Å². The van der Waals surface area contributed by atoms with Gasteiger partial charge in [0, 0.05) is 25.2 Å². The van der Waals surface area contributed by atoms with Gasteiger partial charge in [-0.25, -0.2) is 9.59 Å². The molecule has 152 valence electrons. The lowest BCUT2D eigenvalue weighted by atomic mass is 10.1. The van der Waals surface area contributed by atoms with E-state index in [1.54, 1.807) is 50.5 Å². The summed E-state index contributed by atoms with van der Waals surface area (Å²) in [6.45, 7) is 0. The van der Waals surface area contributed by atoms with Crippen molar-refractivity contribution in [3.63, 3.8) is 0 Å². The highest BCUT2D eigenvalue weighted by Crippen LogP contribution is 2.46. The van der Waals surface area contributed by atoms with Gasteiger partial charge in [-0.2, -0.15) is 0 Å². The van der Waals surface area contributed by atoms with Gasteiger partial charge in [0.2, 0.25) is 0 Å². The number of para-hydroxylation sites is 2. The second kappa shape index (κ2) is 7.17. The molecule has 2 aliphatic heterocycles. The molecule has 2 aliphatic rings. The van der Waals surface area contributed by atoms with Crippen LogP contribution in [-0.2, 0) is 4.74 Å². The van der Waals surface area contributed by atoms with E-state index in [2.05, 4.69) is 0 Å². The topological polar surface area (TPSA) is 86.8 Å². The fourth-order valence-corrected chi connectivity index (χ4v) is 3.37. The summed E-state index contributed by atoms with van der Waals surface area (Å²) in [5, 5.41) is 0. The molecule has 2 aromatic rings. The Morgan fingerprint density at radius 3 is 1.55 bits per heavy atom. The van der Waals surface area contributed by atoms with Gasteiger partial charge in [-0.05, 0) is 12.1 Å². The van der Waals surface area contributed by atoms with Crippen LogP contribution in [0.3, 0.4) is 0 Å². The van der Waals surface area contributed by atoms with Crippen molar-refractivity contribution in [2.24, 2.45) is 0 Å². The van der Waals surface area contributed by atoms with Gasteiger partial charge in [0.1, 0.15) is 0 Å². The van der Waals surface area contributed by atoms with E-state index >= 15 is 0 Å². The first-order valence-corrected chi connectivity index (χ1v) is 8.84. The number of carbonyl (C=O) groups is 2. The molecule has 0 bridgehead atoms. The molecular weight excluding hydrogens is 380 g/mol. The molecule has 9 heteroatoms. The summed E-state index contributed by atoms with van der Waals surface area (Å²) in [5.41, 5.74) is 1.20. The van der Waals surface area contributed by atoms with Crippen LogP contribution < -0.4 is 18.9 Å². The van der Waals surface area contributed by atoms with Crippen LogP contribution >= 0.6 is 0 Å². The minimum absolute atomic E-state index is 0.287. The molecule has 4 rings (SSSR count). The van der Waals surface area contributed by atoms with Crippen LogP contribution in [0.4, 0.5) is 9.59 Å². The van der Waals surface area contributed by atoms with Gasteiger partial charge in [-0.15, -0.1) is 0 Å². The van der Waals surface area contributed by atoms with Crippen LogP contribution in [0.1, 0.15) is 23.6 Å². The fraction of sp³-hybridized carbons (Fsp3) is 0.300. The molecule has 2 amide bonds. The molecule has 2 aromatic carbocycles. The van der Waals surface area contributed by atoms with Crippen molar-refractivity contribution in [1.82, 2.24) is 9.80 Å². The Hall–Kier alpha value is -3.46. The van der Waals surface area contributed by atoms with Gasteiger partial charge in [0.25, 0.3) is 0 Å². The van der Waals surface area contributed by atoms with Crippen molar-refractivity contribution in [3.05, 3.63) is 47.5 Å². The Morgan fingerprint density at radius 1 is 0.759 bits per heavy atom. The van der Waals surface area contributed by atoms with Crippen molar-refractivity contribution >= 4 is 12.2 Å².